The van der Waals surface area contributed by atoms with Crippen LogP contribution in [0, 0.1) is 0 Å². The Morgan fingerprint density at radius 3 is 2.45 bits per heavy atom. The van der Waals surface area contributed by atoms with Crippen molar-refractivity contribution < 1.29 is 0 Å². The largest absolute Gasteiger partial charge is 0.379 e. The number of benzene rings is 1. The van der Waals surface area contributed by atoms with Gasteiger partial charge in [0.15, 0.2) is 0 Å². The molecule has 1 aliphatic carbocycles. The van der Waals surface area contributed by atoms with Crippen molar-refractivity contribution in [2.75, 3.05) is 29.0 Å². The van der Waals surface area contributed by atoms with Crippen LogP contribution in [0.2, 0.25) is 0 Å². The lowest BCUT2D eigenvalue weighted by Gasteiger charge is -2.37. The smallest absolute Gasteiger partial charge is 0.0679 e. The van der Waals surface area contributed by atoms with Crippen molar-refractivity contribution >= 4 is 43.1 Å². The van der Waals surface area contributed by atoms with E-state index in [1.165, 1.54) is 33.5 Å². The third-order valence-electron chi connectivity index (χ3n) is 4.70. The van der Waals surface area contributed by atoms with Crippen LogP contribution in [0.25, 0.3) is 12.2 Å². The lowest BCUT2D eigenvalue weighted by atomic mass is 9.96. The SMILES string of the molecule is C1=CC2Nc3c4c(c5c(c3PC2C=C1)C=CCN5)NCC=C4. The first-order chi connectivity index (χ1) is 10.9. The van der Waals surface area contributed by atoms with E-state index >= 15 is 0 Å². The van der Waals surface area contributed by atoms with Crippen LogP contribution in [0.4, 0.5) is 17.1 Å². The summed E-state index contributed by atoms with van der Waals surface area (Å²) >= 11 is 0. The monoisotopic (exact) mass is 307 g/mol. The minimum atomic E-state index is 0.425. The highest BCUT2D eigenvalue weighted by molar-refractivity contribution is 7.49. The first-order valence-corrected chi connectivity index (χ1v) is 8.92. The van der Waals surface area contributed by atoms with Crippen molar-refractivity contribution in [2.24, 2.45) is 0 Å². The standard InChI is InChI=1S/C18H18N3P/c1-2-8-14-13(7-1)21-17-11-5-3-9-19-15(11)16-12(18(17)22-14)6-4-10-20-16/h1-8,13-14,19-22H,9-10H2. The van der Waals surface area contributed by atoms with E-state index in [2.05, 4.69) is 64.6 Å². The van der Waals surface area contributed by atoms with E-state index in [1.54, 1.807) is 0 Å². The molecule has 110 valence electrons. The second kappa shape index (κ2) is 4.76. The van der Waals surface area contributed by atoms with Crippen molar-refractivity contribution in [3.05, 3.63) is 47.6 Å². The van der Waals surface area contributed by atoms with Gasteiger partial charge >= 0.3 is 0 Å². The van der Waals surface area contributed by atoms with Gasteiger partial charge in [-0.15, -0.1) is 0 Å². The summed E-state index contributed by atoms with van der Waals surface area (Å²) in [5.41, 5.74) is 7.13. The number of rotatable bonds is 0. The summed E-state index contributed by atoms with van der Waals surface area (Å²) in [5.74, 6) is 0. The minimum absolute atomic E-state index is 0.425. The van der Waals surface area contributed by atoms with E-state index in [0.717, 1.165) is 21.7 Å². The van der Waals surface area contributed by atoms with Gasteiger partial charge in [0.05, 0.1) is 23.1 Å². The molecule has 3 aliphatic heterocycles. The number of allylic oxidation sites excluding steroid dienone is 2. The van der Waals surface area contributed by atoms with Gasteiger partial charge in [-0.25, -0.2) is 0 Å². The molecule has 0 fully saturated rings. The molecule has 4 aliphatic rings. The molecule has 3 nitrogen and oxygen atoms in total. The van der Waals surface area contributed by atoms with Crippen molar-refractivity contribution in [2.45, 2.75) is 11.7 Å². The molecule has 0 amide bonds. The van der Waals surface area contributed by atoms with E-state index in [0.29, 0.717) is 11.7 Å². The zero-order valence-electron chi connectivity index (χ0n) is 12.2. The minimum Gasteiger partial charge on any atom is -0.379 e. The van der Waals surface area contributed by atoms with E-state index in [4.69, 9.17) is 0 Å². The fourth-order valence-electron chi connectivity index (χ4n) is 3.68. The molecule has 0 saturated carbocycles. The van der Waals surface area contributed by atoms with Crippen LogP contribution in [-0.2, 0) is 0 Å². The van der Waals surface area contributed by atoms with Gasteiger partial charge in [-0.05, 0) is 0 Å². The third-order valence-corrected chi connectivity index (χ3v) is 6.39. The van der Waals surface area contributed by atoms with Gasteiger partial charge in [0, 0.05) is 35.2 Å². The Labute approximate surface area is 132 Å². The second-order valence-corrected chi connectivity index (χ2v) is 7.46. The van der Waals surface area contributed by atoms with Crippen molar-refractivity contribution in [3.63, 3.8) is 0 Å². The molecule has 3 atom stereocenters. The molecule has 0 spiro atoms. The summed E-state index contributed by atoms with van der Waals surface area (Å²) in [7, 11) is 0.809. The molecule has 0 radical (unpaired) electrons. The predicted octanol–water partition coefficient (Wildman–Crippen LogP) is 3.16. The average molecular weight is 307 g/mol. The first kappa shape index (κ1) is 12.5. The molecule has 4 heteroatoms. The summed E-state index contributed by atoms with van der Waals surface area (Å²) in [4.78, 5) is 0. The number of anilines is 3. The number of nitrogens with one attached hydrogen (secondary N) is 3. The summed E-state index contributed by atoms with van der Waals surface area (Å²) in [5, 5.41) is 12.4. The molecule has 1 aromatic rings. The number of hydrogen-bond acceptors (Lipinski definition) is 3. The average Bonchev–Trinajstić information content (AvgIpc) is 2.61. The lowest BCUT2D eigenvalue weighted by molar-refractivity contribution is 0.890. The molecule has 1 aromatic carbocycles. The highest BCUT2D eigenvalue weighted by Crippen LogP contribution is 2.46. The first-order valence-electron chi connectivity index (χ1n) is 7.84. The van der Waals surface area contributed by atoms with E-state index in [1.807, 2.05) is 0 Å². The second-order valence-electron chi connectivity index (χ2n) is 6.00. The van der Waals surface area contributed by atoms with Gasteiger partial charge in [0.25, 0.3) is 0 Å². The summed E-state index contributed by atoms with van der Waals surface area (Å²) < 4.78 is 0. The predicted molar refractivity (Wildman–Crippen MR) is 98.9 cm³/mol. The number of hydrogen-bond donors (Lipinski definition) is 3. The van der Waals surface area contributed by atoms with Crippen molar-refractivity contribution in [3.8, 4) is 0 Å². The fraction of sp³-hybridized carbons (Fsp3) is 0.222. The van der Waals surface area contributed by atoms with Crippen LogP contribution < -0.4 is 21.3 Å². The molecule has 5 rings (SSSR count). The summed E-state index contributed by atoms with van der Waals surface area (Å²) in [6.07, 6.45) is 18.0. The maximum Gasteiger partial charge on any atom is 0.0679 e. The molecule has 0 saturated heterocycles. The van der Waals surface area contributed by atoms with Gasteiger partial charge in [-0.1, -0.05) is 57.2 Å². The van der Waals surface area contributed by atoms with Crippen LogP contribution in [0.3, 0.4) is 0 Å². The molecule has 3 unspecified atom stereocenters. The molecule has 0 aromatic heterocycles. The Morgan fingerprint density at radius 2 is 1.59 bits per heavy atom. The van der Waals surface area contributed by atoms with Crippen LogP contribution in [0.1, 0.15) is 11.1 Å². The number of fused-ring (bicyclic) bond motifs is 7. The quantitative estimate of drug-likeness (QED) is 0.644. The Kier molecular flexibility index (Phi) is 2.71. The molecule has 3 heterocycles. The Balaban J connectivity index is 1.76. The van der Waals surface area contributed by atoms with Crippen LogP contribution in [0.15, 0.2) is 36.5 Å². The molecule has 3 N–H and O–H groups in total. The van der Waals surface area contributed by atoms with E-state index in [-0.39, 0.29) is 0 Å². The van der Waals surface area contributed by atoms with E-state index in [9.17, 15) is 0 Å². The van der Waals surface area contributed by atoms with Gasteiger partial charge in [0.2, 0.25) is 0 Å². The Hall–Kier alpha value is -1.99. The lowest BCUT2D eigenvalue weighted by Crippen LogP contribution is -2.38. The van der Waals surface area contributed by atoms with Gasteiger partial charge in [-0.3, -0.25) is 0 Å². The molecule has 0 bridgehead atoms. The highest BCUT2D eigenvalue weighted by Gasteiger charge is 2.32. The zero-order chi connectivity index (χ0) is 14.5. The van der Waals surface area contributed by atoms with E-state index < -0.39 is 0 Å². The summed E-state index contributed by atoms with van der Waals surface area (Å²) in [6.45, 7) is 1.81. The molecule has 22 heavy (non-hydrogen) atoms. The van der Waals surface area contributed by atoms with Crippen LogP contribution >= 0.6 is 8.58 Å². The Bertz CT molecular complexity index is 708. The van der Waals surface area contributed by atoms with Crippen LogP contribution in [0.5, 0.6) is 0 Å². The highest BCUT2D eigenvalue weighted by atomic mass is 31.1. The van der Waals surface area contributed by atoms with Crippen molar-refractivity contribution in [1.82, 2.24) is 0 Å². The third kappa shape index (κ3) is 1.72. The fourth-order valence-corrected chi connectivity index (χ4v) is 5.31. The zero-order valence-corrected chi connectivity index (χ0v) is 13.2. The van der Waals surface area contributed by atoms with Gasteiger partial charge < -0.3 is 16.0 Å². The van der Waals surface area contributed by atoms with Crippen LogP contribution in [-0.4, -0.2) is 24.8 Å². The normalized spacial score (nSPS) is 27.1. The Morgan fingerprint density at radius 1 is 0.864 bits per heavy atom. The van der Waals surface area contributed by atoms with Gasteiger partial charge in [-0.2, -0.15) is 0 Å². The molecular formula is C18H18N3P. The van der Waals surface area contributed by atoms with Crippen molar-refractivity contribution in [1.29, 1.82) is 0 Å². The topological polar surface area (TPSA) is 36.1 Å². The maximum atomic E-state index is 3.79. The summed E-state index contributed by atoms with van der Waals surface area (Å²) in [6, 6.07) is 0.425. The maximum absolute atomic E-state index is 3.79. The van der Waals surface area contributed by atoms with Gasteiger partial charge in [0.1, 0.15) is 0 Å². The molecular weight excluding hydrogens is 289 g/mol.